The van der Waals surface area contributed by atoms with Gasteiger partial charge in [-0.2, -0.15) is 149 Å². The molecule has 0 spiro atoms. The highest BCUT2D eigenvalue weighted by Gasteiger charge is 2.97. The van der Waals surface area contributed by atoms with Gasteiger partial charge in [0.2, 0.25) is 0 Å². The summed E-state index contributed by atoms with van der Waals surface area (Å²) in [5.41, 5.74) is 0. The van der Waals surface area contributed by atoms with Crippen LogP contribution in [0.3, 0.4) is 0 Å². The molecule has 0 rings (SSSR count). The van der Waals surface area contributed by atoms with Crippen molar-refractivity contribution in [1.82, 2.24) is 10.6 Å². The van der Waals surface area contributed by atoms with Crippen LogP contribution < -0.4 is 10.6 Å². The van der Waals surface area contributed by atoms with Crippen molar-refractivity contribution in [3.8, 4) is 0 Å². The number of hydrogen-bond acceptors (Lipinski definition) is 2. The molecule has 58 heavy (non-hydrogen) atoms. The zero-order valence-corrected chi connectivity index (χ0v) is 25.1. The third-order valence-electron chi connectivity index (χ3n) is 6.71. The number of rotatable bonds is 17. The monoisotopic (exact) mass is 952 g/mol. The van der Waals surface area contributed by atoms with E-state index >= 15 is 0 Å². The predicted molar refractivity (Wildman–Crippen MR) is 107 cm³/mol. The fourth-order valence-corrected chi connectivity index (χ4v) is 3.19. The predicted octanol–water partition coefficient (Wildman–Crippen LogP) is 9.24. The van der Waals surface area contributed by atoms with Gasteiger partial charge in [-0.05, 0) is 0 Å². The van der Waals surface area contributed by atoms with Crippen LogP contribution in [0.1, 0.15) is 0 Å². The fourth-order valence-electron chi connectivity index (χ4n) is 3.19. The van der Waals surface area contributed by atoms with Crippen LogP contribution >= 0.6 is 0 Å². The molecule has 0 aromatic rings. The first-order valence-electron chi connectivity index (χ1n) is 12.5. The van der Waals surface area contributed by atoms with Gasteiger partial charge in [0.25, 0.3) is 11.8 Å². The fraction of sp³-hybridized carbons (Fsp3) is 0.900. The van der Waals surface area contributed by atoms with Gasteiger partial charge in [0.05, 0.1) is 0 Å². The van der Waals surface area contributed by atoms with Crippen molar-refractivity contribution in [3.63, 3.8) is 0 Å². The number of alkyl halides is 34. The van der Waals surface area contributed by atoms with Gasteiger partial charge >= 0.3 is 95.3 Å². The van der Waals surface area contributed by atoms with E-state index in [9.17, 15) is 159 Å². The molecule has 38 heteroatoms. The largest absolute Gasteiger partial charge is 0.460 e. The topological polar surface area (TPSA) is 58.2 Å². The van der Waals surface area contributed by atoms with E-state index in [4.69, 9.17) is 0 Å². The van der Waals surface area contributed by atoms with Crippen molar-refractivity contribution in [2.75, 3.05) is 13.1 Å². The summed E-state index contributed by atoms with van der Waals surface area (Å²) in [6.07, 6.45) is -16.3. The first kappa shape index (κ1) is 54.6. The number of nitrogens with one attached hydrogen (secondary N) is 2. The van der Waals surface area contributed by atoms with E-state index in [1.807, 2.05) is 0 Å². The Labute approximate surface area is 291 Å². The van der Waals surface area contributed by atoms with Crippen LogP contribution in [0.25, 0.3) is 0 Å². The molecule has 0 aliphatic carbocycles. The van der Waals surface area contributed by atoms with Crippen molar-refractivity contribution in [1.29, 1.82) is 0 Å². The van der Waals surface area contributed by atoms with E-state index in [1.165, 1.54) is 0 Å². The molecule has 346 valence electrons. The Bertz CT molecular complexity index is 1410. The molecule has 0 unspecified atom stereocenters. The molecule has 0 aromatic carbocycles. The van der Waals surface area contributed by atoms with Gasteiger partial charge in [-0.3, -0.25) is 9.59 Å². The highest BCUT2D eigenvalue weighted by atomic mass is 19.4. The zero-order valence-electron chi connectivity index (χ0n) is 25.1. The second-order valence-electron chi connectivity index (χ2n) is 10.5. The summed E-state index contributed by atoms with van der Waals surface area (Å²) in [5.74, 6) is -133. The smallest absolute Gasteiger partial charge is 0.349 e. The van der Waals surface area contributed by atoms with Crippen LogP contribution in [0.4, 0.5) is 149 Å². The quantitative estimate of drug-likeness (QED) is 0.113. The van der Waals surface area contributed by atoms with E-state index in [1.54, 1.807) is 0 Å². The maximum absolute atomic E-state index is 13.8. The summed E-state index contributed by atoms with van der Waals surface area (Å²) in [7, 11) is 0. The van der Waals surface area contributed by atoms with Crippen LogP contribution in [-0.4, -0.2) is 120 Å². The molecule has 0 aliphatic rings. The molecule has 0 saturated carbocycles. The SMILES string of the molecule is O=C(NCCNC(=O)C(F)(F)C(F)(F)C(F)(F)C(F)(F)C(F)(F)C(F)(F)C(F)(F)C(F)(F)F)C(F)(F)C(F)(F)C(F)(F)C(F)(F)C(F)(F)C(F)(F)C(F)(F)C(F)(F)F. The van der Waals surface area contributed by atoms with Crippen LogP contribution in [0.2, 0.25) is 0 Å². The molecule has 0 bridgehead atoms. The lowest BCUT2D eigenvalue weighted by molar-refractivity contribution is -0.459. The second-order valence-corrected chi connectivity index (χ2v) is 10.5. The maximum atomic E-state index is 13.8. The van der Waals surface area contributed by atoms with E-state index in [0.717, 1.165) is 0 Å². The molecule has 2 N–H and O–H groups in total. The highest BCUT2D eigenvalue weighted by molar-refractivity contribution is 5.86. The minimum absolute atomic E-state index is 0.184. The molecule has 0 radical (unpaired) electrons. The van der Waals surface area contributed by atoms with Crippen molar-refractivity contribution >= 4 is 11.8 Å². The molecule has 0 aromatic heterocycles. The van der Waals surface area contributed by atoms with E-state index < -0.39 is 120 Å². The average molecular weight is 952 g/mol. The molecular formula is C20H6F34N2O2. The zero-order chi connectivity index (χ0) is 48.0. The van der Waals surface area contributed by atoms with Gasteiger partial charge in [-0.1, -0.05) is 0 Å². The minimum atomic E-state index is -9.24. The third kappa shape index (κ3) is 6.97. The maximum Gasteiger partial charge on any atom is 0.460 e. The number of halogens is 34. The molecular weight excluding hydrogens is 946 g/mol. The van der Waals surface area contributed by atoms with Crippen LogP contribution in [0.5, 0.6) is 0 Å². The minimum Gasteiger partial charge on any atom is -0.349 e. The normalized spacial score (nSPS) is 16.4. The number of hydrogen-bond donors (Lipinski definition) is 2. The van der Waals surface area contributed by atoms with Crippen LogP contribution in [-0.2, 0) is 9.59 Å². The van der Waals surface area contributed by atoms with Crippen molar-refractivity contribution in [2.45, 2.75) is 95.3 Å². The molecule has 2 amide bonds. The Balaban J connectivity index is 6.46. The lowest BCUT2D eigenvalue weighted by Gasteiger charge is -2.42. The number of carbonyl (C=O) groups is 2. The first-order chi connectivity index (χ1) is 24.5. The summed E-state index contributed by atoms with van der Waals surface area (Å²) in [4.78, 5) is 22.5. The van der Waals surface area contributed by atoms with Gasteiger partial charge in [0, 0.05) is 13.1 Å². The Kier molecular flexibility index (Phi) is 13.2. The lowest BCUT2D eigenvalue weighted by Crippen LogP contribution is -2.75. The Morgan fingerprint density at radius 1 is 0.241 bits per heavy atom. The van der Waals surface area contributed by atoms with Gasteiger partial charge in [-0.25, -0.2) is 0 Å². The standard InChI is InChI=1S/C20H6F34N2O2/c21-5(22,7(25,26)9(29,30)11(33,34)13(37,38)15(41,42)17(45,46)19(49,50)51)3(57)55-1-2-56-4(58)6(23,24)8(27,28)10(31,32)12(35,36)14(39,40)16(43,44)18(47,48)20(52,53)54/h1-2H2,(H,55,57)(H,56,58). The third-order valence-corrected chi connectivity index (χ3v) is 6.71. The van der Waals surface area contributed by atoms with E-state index in [0.29, 0.717) is 0 Å². The van der Waals surface area contributed by atoms with Crippen molar-refractivity contribution in [3.05, 3.63) is 0 Å². The van der Waals surface area contributed by atoms with Gasteiger partial charge < -0.3 is 10.6 Å². The first-order valence-corrected chi connectivity index (χ1v) is 12.5. The molecule has 0 saturated heterocycles. The average Bonchev–Trinajstić information content (AvgIpc) is 3.00. The summed E-state index contributed by atoms with van der Waals surface area (Å²) in [6, 6.07) is 0. The summed E-state index contributed by atoms with van der Waals surface area (Å²) < 4.78 is 450. The van der Waals surface area contributed by atoms with Crippen molar-refractivity contribution < 1.29 is 159 Å². The molecule has 0 fully saturated rings. The van der Waals surface area contributed by atoms with Gasteiger partial charge in [-0.15, -0.1) is 0 Å². The highest BCUT2D eigenvalue weighted by Crippen LogP contribution is 2.66. The molecule has 0 aliphatic heterocycles. The van der Waals surface area contributed by atoms with Crippen LogP contribution in [0, 0.1) is 0 Å². The number of carbonyl (C=O) groups excluding carboxylic acids is 2. The molecule has 4 nitrogen and oxygen atoms in total. The Hall–Kier alpha value is -3.44. The van der Waals surface area contributed by atoms with Gasteiger partial charge in [0.1, 0.15) is 0 Å². The van der Waals surface area contributed by atoms with Crippen molar-refractivity contribution in [2.24, 2.45) is 0 Å². The molecule has 0 atom stereocenters. The Morgan fingerprint density at radius 3 is 0.534 bits per heavy atom. The summed E-state index contributed by atoms with van der Waals surface area (Å²) in [5, 5.41) is -0.367. The number of amides is 2. The van der Waals surface area contributed by atoms with E-state index in [2.05, 4.69) is 0 Å². The summed E-state index contributed by atoms with van der Waals surface area (Å²) >= 11 is 0. The van der Waals surface area contributed by atoms with E-state index in [-0.39, 0.29) is 10.6 Å². The second kappa shape index (κ2) is 14.1. The Morgan fingerprint density at radius 2 is 0.379 bits per heavy atom. The van der Waals surface area contributed by atoms with Crippen LogP contribution in [0.15, 0.2) is 0 Å². The van der Waals surface area contributed by atoms with Gasteiger partial charge in [0.15, 0.2) is 0 Å². The lowest BCUT2D eigenvalue weighted by atomic mass is 9.88. The molecule has 0 heterocycles. The summed E-state index contributed by atoms with van der Waals surface area (Å²) in [6.45, 7) is -5.37.